The first-order chi connectivity index (χ1) is 5.74. The number of benzene rings is 1. The van der Waals surface area contributed by atoms with E-state index in [1.165, 1.54) is 12.1 Å². The number of hydrogen-bond donors (Lipinski definition) is 0. The van der Waals surface area contributed by atoms with Crippen molar-refractivity contribution in [3.05, 3.63) is 36.0 Å². The first-order valence-corrected chi connectivity index (χ1v) is 3.99. The average molecular weight is 188 g/mol. The summed E-state index contributed by atoms with van der Waals surface area (Å²) in [4.78, 5) is 0. The van der Waals surface area contributed by atoms with Gasteiger partial charge in [0.25, 0.3) is 0 Å². The normalized spacial score (nSPS) is 9.92. The Hall–Kier alpha value is -0.760. The summed E-state index contributed by atoms with van der Waals surface area (Å²) in [5, 5.41) is 0.370. The van der Waals surface area contributed by atoms with Crippen LogP contribution in [0.15, 0.2) is 18.2 Å². The molecule has 65 valence electrons. The Morgan fingerprint density at radius 1 is 1.50 bits per heavy atom. The summed E-state index contributed by atoms with van der Waals surface area (Å²) < 4.78 is 18.0. The van der Waals surface area contributed by atoms with Crippen LogP contribution in [0.2, 0.25) is 5.02 Å². The van der Waals surface area contributed by atoms with Gasteiger partial charge in [-0.05, 0) is 31.5 Å². The van der Waals surface area contributed by atoms with Gasteiger partial charge < -0.3 is 4.74 Å². The monoisotopic (exact) mass is 187 g/mol. The molecule has 1 aromatic rings. The highest BCUT2D eigenvalue weighted by atomic mass is 35.5. The summed E-state index contributed by atoms with van der Waals surface area (Å²) in [6, 6.07) is 4.32. The second-order valence-electron chi connectivity index (χ2n) is 2.28. The number of halogens is 2. The Morgan fingerprint density at radius 2 is 2.25 bits per heavy atom. The summed E-state index contributed by atoms with van der Waals surface area (Å²) in [7, 11) is 0. The summed E-state index contributed by atoms with van der Waals surface area (Å²) >= 11 is 5.54. The van der Waals surface area contributed by atoms with Crippen LogP contribution in [0, 0.1) is 12.7 Å². The van der Waals surface area contributed by atoms with Crippen molar-refractivity contribution in [2.75, 3.05) is 6.61 Å². The molecule has 1 aromatic carbocycles. The molecule has 0 fully saturated rings. The molecule has 0 atom stereocenters. The van der Waals surface area contributed by atoms with E-state index < -0.39 is 5.82 Å². The predicted molar refractivity (Wildman–Crippen MR) is 46.9 cm³/mol. The Labute approximate surface area is 76.1 Å². The molecule has 1 nitrogen and oxygen atoms in total. The van der Waals surface area contributed by atoms with E-state index in [1.54, 1.807) is 6.07 Å². The highest BCUT2D eigenvalue weighted by Gasteiger charge is 2.02. The van der Waals surface area contributed by atoms with Gasteiger partial charge in [-0.3, -0.25) is 0 Å². The topological polar surface area (TPSA) is 9.23 Å². The molecule has 0 saturated carbocycles. The standard InChI is InChI=1S/C9H9ClFO/c1-2-5-12-9-4-3-7(10)6-8(9)11/h3-4,6H,1-2,5H2. The quantitative estimate of drug-likeness (QED) is 0.707. The van der Waals surface area contributed by atoms with Crippen LogP contribution >= 0.6 is 11.6 Å². The van der Waals surface area contributed by atoms with Gasteiger partial charge in [0.15, 0.2) is 11.6 Å². The lowest BCUT2D eigenvalue weighted by Crippen LogP contribution is -1.96. The maximum absolute atomic E-state index is 12.9. The second kappa shape index (κ2) is 4.31. The van der Waals surface area contributed by atoms with Crippen molar-refractivity contribution in [1.29, 1.82) is 0 Å². The van der Waals surface area contributed by atoms with Crippen LogP contribution in [0.1, 0.15) is 6.42 Å². The SMILES string of the molecule is [CH2]CCOc1ccc(Cl)cc1F. The maximum atomic E-state index is 12.9. The first kappa shape index (κ1) is 9.33. The minimum Gasteiger partial charge on any atom is -0.491 e. The zero-order chi connectivity index (χ0) is 8.97. The molecule has 0 aromatic heterocycles. The molecule has 1 radical (unpaired) electrons. The van der Waals surface area contributed by atoms with Gasteiger partial charge in [0.1, 0.15) is 0 Å². The lowest BCUT2D eigenvalue weighted by Gasteiger charge is -2.04. The van der Waals surface area contributed by atoms with Gasteiger partial charge in [0, 0.05) is 5.02 Å². The van der Waals surface area contributed by atoms with Crippen molar-refractivity contribution in [1.82, 2.24) is 0 Å². The minimum atomic E-state index is -0.434. The van der Waals surface area contributed by atoms with Gasteiger partial charge in [-0.2, -0.15) is 0 Å². The molecular weight excluding hydrogens is 179 g/mol. The lowest BCUT2D eigenvalue weighted by atomic mass is 10.3. The molecule has 12 heavy (non-hydrogen) atoms. The van der Waals surface area contributed by atoms with Crippen LogP contribution in [-0.4, -0.2) is 6.61 Å². The predicted octanol–water partition coefficient (Wildman–Crippen LogP) is 3.08. The molecule has 0 amide bonds. The molecule has 0 heterocycles. The number of rotatable bonds is 3. The van der Waals surface area contributed by atoms with Gasteiger partial charge >= 0.3 is 0 Å². The highest BCUT2D eigenvalue weighted by molar-refractivity contribution is 6.30. The van der Waals surface area contributed by atoms with E-state index in [-0.39, 0.29) is 5.75 Å². The van der Waals surface area contributed by atoms with Crippen LogP contribution in [-0.2, 0) is 0 Å². The Morgan fingerprint density at radius 3 is 2.83 bits per heavy atom. The lowest BCUT2D eigenvalue weighted by molar-refractivity contribution is 0.307. The van der Waals surface area contributed by atoms with E-state index in [9.17, 15) is 4.39 Å². The third kappa shape index (κ3) is 2.38. The molecule has 0 saturated heterocycles. The van der Waals surface area contributed by atoms with Gasteiger partial charge in [-0.1, -0.05) is 11.6 Å². The molecule has 0 bridgehead atoms. The largest absolute Gasteiger partial charge is 0.491 e. The van der Waals surface area contributed by atoms with E-state index in [2.05, 4.69) is 6.92 Å². The van der Waals surface area contributed by atoms with Crippen LogP contribution in [0.25, 0.3) is 0 Å². The second-order valence-corrected chi connectivity index (χ2v) is 2.71. The first-order valence-electron chi connectivity index (χ1n) is 3.61. The Balaban J connectivity index is 2.72. The number of ether oxygens (including phenoxy) is 1. The van der Waals surface area contributed by atoms with E-state index >= 15 is 0 Å². The van der Waals surface area contributed by atoms with Gasteiger partial charge in [-0.15, -0.1) is 0 Å². The van der Waals surface area contributed by atoms with Crippen molar-refractivity contribution >= 4 is 11.6 Å². The fourth-order valence-corrected chi connectivity index (χ4v) is 0.933. The summed E-state index contributed by atoms with van der Waals surface area (Å²) in [5.74, 6) is -0.209. The summed E-state index contributed by atoms with van der Waals surface area (Å²) in [6.45, 7) is 3.99. The van der Waals surface area contributed by atoms with E-state index in [0.29, 0.717) is 18.1 Å². The van der Waals surface area contributed by atoms with Gasteiger partial charge in [-0.25, -0.2) is 4.39 Å². The zero-order valence-electron chi connectivity index (χ0n) is 6.52. The molecule has 0 aliphatic rings. The minimum absolute atomic E-state index is 0.225. The zero-order valence-corrected chi connectivity index (χ0v) is 7.27. The molecule has 3 heteroatoms. The van der Waals surface area contributed by atoms with E-state index in [0.717, 1.165) is 0 Å². The third-order valence-corrected chi connectivity index (χ3v) is 1.53. The van der Waals surface area contributed by atoms with Gasteiger partial charge in [0.2, 0.25) is 0 Å². The highest BCUT2D eigenvalue weighted by Crippen LogP contribution is 2.20. The summed E-state index contributed by atoms with van der Waals surface area (Å²) in [6.07, 6.45) is 0.613. The van der Waals surface area contributed by atoms with Crippen molar-refractivity contribution < 1.29 is 9.13 Å². The molecule has 0 aliphatic carbocycles. The van der Waals surface area contributed by atoms with Crippen molar-refractivity contribution in [3.8, 4) is 5.75 Å². The van der Waals surface area contributed by atoms with Crippen LogP contribution in [0.3, 0.4) is 0 Å². The van der Waals surface area contributed by atoms with Crippen molar-refractivity contribution in [3.63, 3.8) is 0 Å². The van der Waals surface area contributed by atoms with E-state index in [1.807, 2.05) is 0 Å². The maximum Gasteiger partial charge on any atom is 0.166 e. The Kier molecular flexibility index (Phi) is 3.35. The molecule has 0 N–H and O–H groups in total. The number of hydrogen-bond acceptors (Lipinski definition) is 1. The third-order valence-electron chi connectivity index (χ3n) is 1.30. The molecule has 0 spiro atoms. The smallest absolute Gasteiger partial charge is 0.166 e. The fraction of sp³-hybridized carbons (Fsp3) is 0.222. The fourth-order valence-electron chi connectivity index (χ4n) is 0.774. The molecule has 0 unspecified atom stereocenters. The molecule has 1 rings (SSSR count). The van der Waals surface area contributed by atoms with Crippen molar-refractivity contribution in [2.45, 2.75) is 6.42 Å². The van der Waals surface area contributed by atoms with Crippen LogP contribution in [0.4, 0.5) is 4.39 Å². The summed E-state index contributed by atoms with van der Waals surface area (Å²) in [5.41, 5.74) is 0. The van der Waals surface area contributed by atoms with Crippen LogP contribution in [0.5, 0.6) is 5.75 Å². The average Bonchev–Trinajstić information content (AvgIpc) is 2.03. The molecule has 0 aliphatic heterocycles. The van der Waals surface area contributed by atoms with E-state index in [4.69, 9.17) is 16.3 Å². The molecular formula is C9H9ClFO. The van der Waals surface area contributed by atoms with Crippen LogP contribution < -0.4 is 4.74 Å². The van der Waals surface area contributed by atoms with Crippen molar-refractivity contribution in [2.24, 2.45) is 0 Å². The Bertz CT molecular complexity index is 263. The van der Waals surface area contributed by atoms with Gasteiger partial charge in [0.05, 0.1) is 6.61 Å².